The third-order valence-electron chi connectivity index (χ3n) is 1.80. The third kappa shape index (κ3) is 2.44. The maximum Gasteiger partial charge on any atom is 0.174 e. The predicted octanol–water partition coefficient (Wildman–Crippen LogP) is 1.77. The van der Waals surface area contributed by atoms with Gasteiger partial charge in [-0.05, 0) is 13.0 Å². The summed E-state index contributed by atoms with van der Waals surface area (Å²) in [5, 5.41) is 9.19. The Bertz CT molecular complexity index is 424. The van der Waals surface area contributed by atoms with Gasteiger partial charge in [-0.15, -0.1) is 0 Å². The largest absolute Gasteiger partial charge is 0.360 e. The van der Waals surface area contributed by atoms with Crippen LogP contribution in [0.3, 0.4) is 0 Å². The first-order chi connectivity index (χ1) is 7.13. The topological polar surface area (TPSA) is 53.3 Å². The van der Waals surface area contributed by atoms with Gasteiger partial charge in [0.05, 0.1) is 5.70 Å². The molecule has 1 aliphatic heterocycles. The van der Waals surface area contributed by atoms with Crippen LogP contribution in [0.15, 0.2) is 33.7 Å². The van der Waals surface area contributed by atoms with Crippen molar-refractivity contribution in [3.63, 3.8) is 0 Å². The summed E-state index contributed by atoms with van der Waals surface area (Å²) in [6.07, 6.45) is 3.63. The fourth-order valence-electron chi connectivity index (χ4n) is 1.26. The first-order valence-corrected chi connectivity index (χ1v) is 4.80. The van der Waals surface area contributed by atoms with E-state index in [2.05, 4.69) is 15.9 Å². The zero-order chi connectivity index (χ0) is 10.8. The fourth-order valence-corrected chi connectivity index (χ4v) is 1.51. The van der Waals surface area contributed by atoms with E-state index in [-0.39, 0.29) is 0 Å². The molecule has 0 unspecified atom stereocenters. The molecular formula is C9H11ClN4O. The molecule has 0 radical (unpaired) electrons. The molecule has 1 aromatic rings. The Balaban J connectivity index is 2.12. The number of hydrogen-bond acceptors (Lipinski definition) is 5. The molecule has 0 aromatic carbocycles. The number of aromatic nitrogens is 1. The molecule has 0 aliphatic carbocycles. The minimum Gasteiger partial charge on any atom is -0.360 e. The van der Waals surface area contributed by atoms with E-state index in [4.69, 9.17) is 16.1 Å². The number of hydrogen-bond donors (Lipinski definition) is 2. The first kappa shape index (κ1) is 9.92. The highest BCUT2D eigenvalue weighted by Crippen LogP contribution is 2.15. The van der Waals surface area contributed by atoms with Gasteiger partial charge >= 0.3 is 0 Å². The van der Waals surface area contributed by atoms with Gasteiger partial charge in [-0.25, -0.2) is 0 Å². The summed E-state index contributed by atoms with van der Waals surface area (Å²) in [6, 6.07) is 1.81. The highest BCUT2D eigenvalue weighted by Gasteiger charge is 2.07. The summed E-state index contributed by atoms with van der Waals surface area (Å²) < 4.78 is 4.94. The summed E-state index contributed by atoms with van der Waals surface area (Å²) in [6.45, 7) is 1.84. The van der Waals surface area contributed by atoms with Gasteiger partial charge < -0.3 is 9.84 Å². The third-order valence-corrected chi connectivity index (χ3v) is 1.99. The molecule has 0 fully saturated rings. The van der Waals surface area contributed by atoms with Crippen LogP contribution in [0, 0.1) is 6.92 Å². The lowest BCUT2D eigenvalue weighted by Gasteiger charge is -2.22. The highest BCUT2D eigenvalue weighted by atomic mass is 35.5. The lowest BCUT2D eigenvalue weighted by atomic mass is 10.4. The summed E-state index contributed by atoms with van der Waals surface area (Å²) in [5.74, 6) is 1.42. The van der Waals surface area contributed by atoms with Crippen molar-refractivity contribution < 1.29 is 4.52 Å². The Morgan fingerprint density at radius 3 is 3.00 bits per heavy atom. The van der Waals surface area contributed by atoms with Crippen LogP contribution in [0.5, 0.6) is 0 Å². The smallest absolute Gasteiger partial charge is 0.174 e. The van der Waals surface area contributed by atoms with E-state index in [0.717, 1.165) is 11.5 Å². The van der Waals surface area contributed by atoms with Crippen LogP contribution in [0.1, 0.15) is 5.76 Å². The van der Waals surface area contributed by atoms with Gasteiger partial charge in [0.15, 0.2) is 5.82 Å². The van der Waals surface area contributed by atoms with Crippen molar-refractivity contribution >= 4 is 17.4 Å². The fraction of sp³-hybridized carbons (Fsp3) is 0.222. The van der Waals surface area contributed by atoms with Crippen LogP contribution in [0.2, 0.25) is 0 Å². The lowest BCUT2D eigenvalue weighted by molar-refractivity contribution is 0.373. The molecule has 5 nitrogen and oxygen atoms in total. The molecule has 15 heavy (non-hydrogen) atoms. The Kier molecular flexibility index (Phi) is 2.55. The number of nitrogens with zero attached hydrogens (tertiary/aromatic N) is 2. The number of aryl methyl sites for hydroxylation is 1. The quantitative estimate of drug-likeness (QED) is 0.753. The molecule has 0 saturated carbocycles. The second kappa shape index (κ2) is 3.86. The first-order valence-electron chi connectivity index (χ1n) is 4.42. The zero-order valence-electron chi connectivity index (χ0n) is 8.41. The van der Waals surface area contributed by atoms with Gasteiger partial charge in [0, 0.05) is 19.3 Å². The van der Waals surface area contributed by atoms with E-state index in [1.807, 2.05) is 26.2 Å². The summed E-state index contributed by atoms with van der Waals surface area (Å²) in [5.41, 5.74) is 3.74. The number of anilines is 1. The van der Waals surface area contributed by atoms with Crippen molar-refractivity contribution in [2.24, 2.45) is 0 Å². The second-order valence-corrected chi connectivity index (χ2v) is 3.65. The zero-order valence-corrected chi connectivity index (χ0v) is 9.17. The Morgan fingerprint density at radius 1 is 1.60 bits per heavy atom. The molecule has 0 atom stereocenters. The number of rotatable bonds is 2. The highest BCUT2D eigenvalue weighted by molar-refractivity contribution is 6.29. The number of hydrazine groups is 1. The minimum atomic E-state index is 0.544. The second-order valence-electron chi connectivity index (χ2n) is 3.25. The molecule has 0 spiro atoms. The monoisotopic (exact) mass is 226 g/mol. The average molecular weight is 227 g/mol. The van der Waals surface area contributed by atoms with Crippen molar-refractivity contribution in [3.05, 3.63) is 35.0 Å². The van der Waals surface area contributed by atoms with Crippen molar-refractivity contribution in [2.75, 3.05) is 12.4 Å². The molecule has 6 heteroatoms. The maximum atomic E-state index is 5.86. The van der Waals surface area contributed by atoms with Crippen LogP contribution in [0.4, 0.5) is 5.82 Å². The van der Waals surface area contributed by atoms with Crippen LogP contribution >= 0.6 is 11.6 Å². The van der Waals surface area contributed by atoms with E-state index in [0.29, 0.717) is 11.0 Å². The SMILES string of the molecule is Cc1cc(NC2=CN(C)NC(Cl)=C2)no1. The molecule has 0 bridgehead atoms. The minimum absolute atomic E-state index is 0.544. The van der Waals surface area contributed by atoms with Crippen LogP contribution < -0.4 is 10.7 Å². The molecule has 0 amide bonds. The molecular weight excluding hydrogens is 216 g/mol. The average Bonchev–Trinajstić information content (AvgIpc) is 2.49. The van der Waals surface area contributed by atoms with Gasteiger partial charge in [-0.3, -0.25) is 10.4 Å². The number of nitrogens with one attached hydrogen (secondary N) is 2. The van der Waals surface area contributed by atoms with Crippen LogP contribution in [-0.4, -0.2) is 17.2 Å². The summed E-state index contributed by atoms with van der Waals surface area (Å²) in [4.78, 5) is 0. The van der Waals surface area contributed by atoms with Crippen molar-refractivity contribution in [2.45, 2.75) is 6.92 Å². The van der Waals surface area contributed by atoms with Crippen molar-refractivity contribution in [3.8, 4) is 0 Å². The number of halogens is 1. The van der Waals surface area contributed by atoms with Gasteiger partial charge in [0.25, 0.3) is 0 Å². The van der Waals surface area contributed by atoms with E-state index in [9.17, 15) is 0 Å². The van der Waals surface area contributed by atoms with Gasteiger partial charge in [0.1, 0.15) is 10.9 Å². The summed E-state index contributed by atoms with van der Waals surface area (Å²) in [7, 11) is 1.85. The van der Waals surface area contributed by atoms with E-state index in [1.165, 1.54) is 0 Å². The normalized spacial score (nSPS) is 15.5. The number of allylic oxidation sites excluding steroid dienone is 1. The van der Waals surface area contributed by atoms with Gasteiger partial charge in [0.2, 0.25) is 0 Å². The predicted molar refractivity (Wildman–Crippen MR) is 57.8 cm³/mol. The Hall–Kier alpha value is -1.62. The Morgan fingerprint density at radius 2 is 2.40 bits per heavy atom. The molecule has 80 valence electrons. The van der Waals surface area contributed by atoms with E-state index >= 15 is 0 Å². The van der Waals surface area contributed by atoms with E-state index in [1.54, 1.807) is 11.1 Å². The van der Waals surface area contributed by atoms with E-state index < -0.39 is 0 Å². The lowest BCUT2D eigenvalue weighted by Crippen LogP contribution is -2.30. The molecule has 2 N–H and O–H groups in total. The van der Waals surface area contributed by atoms with Gasteiger partial charge in [-0.2, -0.15) is 0 Å². The van der Waals surface area contributed by atoms with Crippen LogP contribution in [0.25, 0.3) is 0 Å². The van der Waals surface area contributed by atoms with Crippen molar-refractivity contribution in [1.82, 2.24) is 15.6 Å². The van der Waals surface area contributed by atoms with Gasteiger partial charge in [-0.1, -0.05) is 16.8 Å². The molecule has 1 aromatic heterocycles. The molecule has 0 saturated heterocycles. The van der Waals surface area contributed by atoms with Crippen LogP contribution in [-0.2, 0) is 0 Å². The standard InChI is InChI=1S/C9H11ClN4O/c1-6-3-9(13-15-6)11-7-4-8(10)12-14(2)5-7/h3-5,12H,1-2H3,(H,11,13). The molecule has 1 aliphatic rings. The molecule has 2 heterocycles. The van der Waals surface area contributed by atoms with Crippen molar-refractivity contribution in [1.29, 1.82) is 0 Å². The molecule has 2 rings (SSSR count). The Labute approximate surface area is 92.3 Å². The summed E-state index contributed by atoms with van der Waals surface area (Å²) >= 11 is 5.86. The maximum absolute atomic E-state index is 5.86.